The zero-order chi connectivity index (χ0) is 20.1. The lowest BCUT2D eigenvalue weighted by Crippen LogP contribution is -2.45. The van der Waals surface area contributed by atoms with E-state index in [1.54, 1.807) is 39.0 Å². The van der Waals surface area contributed by atoms with Crippen LogP contribution >= 0.6 is 11.3 Å². The molecule has 0 fully saturated rings. The molecule has 0 bridgehead atoms. The standard InChI is InChI=1S/C21H30N2O3S/c1-8-26-19(25)21(6,7)23-12(2)22-17-16(18(23)24)14-10-9-13(20(3,4)5)11-15(14)27-17/h13H,8-11H2,1-7H3. The van der Waals surface area contributed by atoms with Crippen molar-refractivity contribution in [2.75, 3.05) is 6.61 Å². The van der Waals surface area contributed by atoms with Crippen LogP contribution in [0.3, 0.4) is 0 Å². The van der Waals surface area contributed by atoms with Crippen LogP contribution in [0.25, 0.3) is 10.2 Å². The van der Waals surface area contributed by atoms with Gasteiger partial charge in [0.05, 0.1) is 12.0 Å². The van der Waals surface area contributed by atoms with Gasteiger partial charge in [-0.15, -0.1) is 11.3 Å². The van der Waals surface area contributed by atoms with Crippen molar-refractivity contribution in [2.45, 2.75) is 73.3 Å². The Labute approximate surface area is 164 Å². The van der Waals surface area contributed by atoms with Gasteiger partial charge in [-0.1, -0.05) is 20.8 Å². The van der Waals surface area contributed by atoms with Gasteiger partial charge >= 0.3 is 5.97 Å². The number of rotatable bonds is 3. The largest absolute Gasteiger partial charge is 0.464 e. The second-order valence-corrected chi connectivity index (χ2v) is 10.2. The highest BCUT2D eigenvalue weighted by molar-refractivity contribution is 7.18. The van der Waals surface area contributed by atoms with Crippen molar-refractivity contribution in [3.05, 3.63) is 26.6 Å². The van der Waals surface area contributed by atoms with Gasteiger partial charge in [0.2, 0.25) is 0 Å². The first-order chi connectivity index (χ1) is 12.5. The van der Waals surface area contributed by atoms with E-state index in [4.69, 9.17) is 9.72 Å². The molecule has 0 aliphatic heterocycles. The van der Waals surface area contributed by atoms with Gasteiger partial charge < -0.3 is 4.74 Å². The minimum Gasteiger partial charge on any atom is -0.464 e. The second kappa shape index (κ2) is 6.73. The summed E-state index contributed by atoms with van der Waals surface area (Å²) < 4.78 is 6.72. The molecule has 0 saturated carbocycles. The minimum absolute atomic E-state index is 0.123. The molecule has 27 heavy (non-hydrogen) atoms. The Morgan fingerprint density at radius 3 is 2.56 bits per heavy atom. The molecule has 148 valence electrons. The molecule has 2 aromatic rings. The van der Waals surface area contributed by atoms with E-state index in [-0.39, 0.29) is 17.6 Å². The average Bonchev–Trinajstić information content (AvgIpc) is 2.91. The third-order valence-corrected chi connectivity index (χ3v) is 6.96. The van der Waals surface area contributed by atoms with E-state index < -0.39 is 11.5 Å². The summed E-state index contributed by atoms with van der Waals surface area (Å²) in [5.41, 5.74) is 0.183. The van der Waals surface area contributed by atoms with Crippen molar-refractivity contribution in [2.24, 2.45) is 11.3 Å². The normalized spacial score (nSPS) is 17.8. The Bertz CT molecular complexity index is 947. The maximum absolute atomic E-state index is 13.4. The summed E-state index contributed by atoms with van der Waals surface area (Å²) in [7, 11) is 0. The van der Waals surface area contributed by atoms with E-state index in [1.165, 1.54) is 9.44 Å². The van der Waals surface area contributed by atoms with Gasteiger partial charge in [-0.2, -0.15) is 0 Å². The van der Waals surface area contributed by atoms with Crippen LogP contribution in [0.1, 0.15) is 64.2 Å². The van der Waals surface area contributed by atoms with Crippen LogP contribution < -0.4 is 5.56 Å². The SMILES string of the molecule is CCOC(=O)C(C)(C)n1c(C)nc2sc3c(c2c1=O)CCC(C(C)(C)C)C3. The quantitative estimate of drug-likeness (QED) is 0.737. The molecule has 0 amide bonds. The highest BCUT2D eigenvalue weighted by atomic mass is 32.1. The van der Waals surface area contributed by atoms with Crippen molar-refractivity contribution in [1.82, 2.24) is 9.55 Å². The van der Waals surface area contributed by atoms with Crippen molar-refractivity contribution in [3.8, 4) is 0 Å². The Morgan fingerprint density at radius 2 is 1.96 bits per heavy atom. The van der Waals surface area contributed by atoms with E-state index in [2.05, 4.69) is 20.8 Å². The Hall–Kier alpha value is -1.69. The number of carbonyl (C=O) groups is 1. The van der Waals surface area contributed by atoms with E-state index >= 15 is 0 Å². The zero-order valence-electron chi connectivity index (χ0n) is 17.4. The molecule has 1 aliphatic rings. The molecule has 2 aromatic heterocycles. The maximum atomic E-state index is 13.4. The third kappa shape index (κ3) is 3.33. The van der Waals surface area contributed by atoms with Crippen molar-refractivity contribution in [3.63, 3.8) is 0 Å². The topological polar surface area (TPSA) is 61.2 Å². The molecular formula is C21H30N2O3S. The average molecular weight is 391 g/mol. The molecule has 3 rings (SSSR count). The number of nitrogens with zero attached hydrogens (tertiary/aromatic N) is 2. The predicted molar refractivity (Wildman–Crippen MR) is 110 cm³/mol. The van der Waals surface area contributed by atoms with Crippen molar-refractivity contribution in [1.29, 1.82) is 0 Å². The molecule has 6 heteroatoms. The van der Waals surface area contributed by atoms with Crippen LogP contribution in [0.15, 0.2) is 4.79 Å². The summed E-state index contributed by atoms with van der Waals surface area (Å²) in [5.74, 6) is 0.752. The van der Waals surface area contributed by atoms with Crippen LogP contribution in [0, 0.1) is 18.3 Å². The van der Waals surface area contributed by atoms with Gasteiger partial charge in [-0.25, -0.2) is 9.78 Å². The number of fused-ring (bicyclic) bond motifs is 3. The van der Waals surface area contributed by atoms with Crippen LogP contribution in [-0.2, 0) is 27.9 Å². The lowest BCUT2D eigenvalue weighted by molar-refractivity contribution is -0.152. The first-order valence-electron chi connectivity index (χ1n) is 9.70. The van der Waals surface area contributed by atoms with Crippen LogP contribution in [0.2, 0.25) is 0 Å². The smallest absolute Gasteiger partial charge is 0.331 e. The Kier molecular flexibility index (Phi) is 5.00. The first kappa shape index (κ1) is 20.1. The lowest BCUT2D eigenvalue weighted by atomic mass is 9.72. The molecule has 1 unspecified atom stereocenters. The molecule has 1 aliphatic carbocycles. The number of hydrogen-bond donors (Lipinski definition) is 0. The Morgan fingerprint density at radius 1 is 1.30 bits per heavy atom. The van der Waals surface area contributed by atoms with Crippen LogP contribution in [0.4, 0.5) is 0 Å². The number of thiophene rings is 1. The Balaban J connectivity index is 2.16. The molecule has 0 N–H and O–H groups in total. The summed E-state index contributed by atoms with van der Waals surface area (Å²) in [4.78, 5) is 32.7. The number of ether oxygens (including phenoxy) is 1. The van der Waals surface area contributed by atoms with Gasteiger partial charge in [-0.3, -0.25) is 9.36 Å². The van der Waals surface area contributed by atoms with Gasteiger partial charge in [-0.05, 0) is 63.9 Å². The summed E-state index contributed by atoms with van der Waals surface area (Å²) >= 11 is 1.65. The van der Waals surface area contributed by atoms with Crippen LogP contribution in [-0.4, -0.2) is 22.1 Å². The first-order valence-corrected chi connectivity index (χ1v) is 10.5. The number of aromatic nitrogens is 2. The fourth-order valence-corrected chi connectivity index (χ4v) is 5.46. The molecule has 5 nitrogen and oxygen atoms in total. The highest BCUT2D eigenvalue weighted by Gasteiger charge is 2.36. The summed E-state index contributed by atoms with van der Waals surface area (Å²) in [6.07, 6.45) is 2.98. The number of esters is 1. The van der Waals surface area contributed by atoms with Gasteiger partial charge in [0.25, 0.3) is 5.56 Å². The molecule has 0 aromatic carbocycles. The van der Waals surface area contributed by atoms with Crippen LogP contribution in [0.5, 0.6) is 0 Å². The second-order valence-electron chi connectivity index (χ2n) is 9.07. The predicted octanol–water partition coefficient (Wildman–Crippen LogP) is 4.22. The van der Waals surface area contributed by atoms with Crippen molar-refractivity contribution >= 4 is 27.5 Å². The van der Waals surface area contributed by atoms with E-state index in [0.717, 1.165) is 29.7 Å². The summed E-state index contributed by atoms with van der Waals surface area (Å²) in [5, 5.41) is 0.699. The van der Waals surface area contributed by atoms with E-state index in [9.17, 15) is 9.59 Å². The number of aryl methyl sites for hydroxylation is 2. The molecular weight excluding hydrogens is 360 g/mol. The summed E-state index contributed by atoms with van der Waals surface area (Å²) in [6.45, 7) is 14.1. The fourth-order valence-electron chi connectivity index (χ4n) is 4.12. The van der Waals surface area contributed by atoms with E-state index in [0.29, 0.717) is 17.1 Å². The molecule has 0 saturated heterocycles. The molecule has 0 radical (unpaired) electrons. The summed E-state index contributed by atoms with van der Waals surface area (Å²) in [6, 6.07) is 0. The molecule has 1 atom stereocenters. The monoisotopic (exact) mass is 390 g/mol. The van der Waals surface area contributed by atoms with Gasteiger partial charge in [0.1, 0.15) is 16.2 Å². The maximum Gasteiger partial charge on any atom is 0.331 e. The number of hydrogen-bond acceptors (Lipinski definition) is 5. The van der Waals surface area contributed by atoms with Gasteiger partial charge in [0.15, 0.2) is 0 Å². The molecule has 0 spiro atoms. The molecule has 2 heterocycles. The number of carbonyl (C=O) groups excluding carboxylic acids is 1. The highest BCUT2D eigenvalue weighted by Crippen LogP contribution is 2.42. The minimum atomic E-state index is -1.09. The fraction of sp³-hybridized carbons (Fsp3) is 0.667. The third-order valence-electron chi connectivity index (χ3n) is 5.81. The van der Waals surface area contributed by atoms with E-state index in [1.807, 2.05) is 0 Å². The zero-order valence-corrected chi connectivity index (χ0v) is 18.2. The lowest BCUT2D eigenvalue weighted by Gasteiger charge is -2.33. The van der Waals surface area contributed by atoms with Crippen molar-refractivity contribution < 1.29 is 9.53 Å². The van der Waals surface area contributed by atoms with Gasteiger partial charge in [0, 0.05) is 4.88 Å².